The fourth-order valence-electron chi connectivity index (χ4n) is 0.709. The number of halogens is 1. The number of hydrogen-bond acceptors (Lipinski definition) is 1. The predicted molar refractivity (Wildman–Crippen MR) is 39.5 cm³/mol. The molecule has 1 aromatic rings. The summed E-state index contributed by atoms with van der Waals surface area (Å²) in [7, 11) is 2.10. The SMILES string of the molecule is COc1cccc([B]F)c1. The summed E-state index contributed by atoms with van der Waals surface area (Å²) in [5.74, 6) is 0.673. The Morgan fingerprint density at radius 1 is 1.50 bits per heavy atom. The molecule has 3 heteroatoms. The van der Waals surface area contributed by atoms with Gasteiger partial charge in [-0.05, 0) is 17.6 Å². The van der Waals surface area contributed by atoms with Gasteiger partial charge >= 0.3 is 7.56 Å². The highest BCUT2D eigenvalue weighted by atomic mass is 19.1. The van der Waals surface area contributed by atoms with Crippen LogP contribution in [0.3, 0.4) is 0 Å². The Labute approximate surface area is 60.1 Å². The van der Waals surface area contributed by atoms with Crippen molar-refractivity contribution in [1.29, 1.82) is 0 Å². The van der Waals surface area contributed by atoms with Crippen molar-refractivity contribution in [2.75, 3.05) is 7.11 Å². The first-order valence-electron chi connectivity index (χ1n) is 2.94. The van der Waals surface area contributed by atoms with Crippen LogP contribution in [0.15, 0.2) is 24.3 Å². The van der Waals surface area contributed by atoms with Crippen LogP contribution in [-0.4, -0.2) is 14.7 Å². The van der Waals surface area contributed by atoms with Crippen LogP contribution in [0, 0.1) is 0 Å². The first-order chi connectivity index (χ1) is 4.86. The standard InChI is InChI=1S/C7H7BFO/c1-10-7-4-2-3-6(5-7)8-9/h2-5H,1H3. The molecule has 0 saturated carbocycles. The molecular weight excluding hydrogens is 130 g/mol. The number of hydrogen-bond donors (Lipinski definition) is 0. The molecule has 0 atom stereocenters. The van der Waals surface area contributed by atoms with Gasteiger partial charge in [0.15, 0.2) is 0 Å². The van der Waals surface area contributed by atoms with Gasteiger partial charge in [0, 0.05) is 0 Å². The molecule has 0 unspecified atom stereocenters. The van der Waals surface area contributed by atoms with Crippen LogP contribution < -0.4 is 10.2 Å². The molecule has 0 spiro atoms. The Kier molecular flexibility index (Phi) is 2.32. The second-order valence-corrected chi connectivity index (χ2v) is 1.89. The average Bonchev–Trinajstić information content (AvgIpc) is 2.05. The van der Waals surface area contributed by atoms with E-state index in [1.807, 2.05) is 0 Å². The molecule has 0 N–H and O–H groups in total. The summed E-state index contributed by atoms with van der Waals surface area (Å²) in [5.41, 5.74) is 0.527. The molecule has 0 saturated heterocycles. The van der Waals surface area contributed by atoms with Gasteiger partial charge in [-0.1, -0.05) is 12.1 Å². The van der Waals surface area contributed by atoms with Gasteiger partial charge < -0.3 is 9.05 Å². The third kappa shape index (κ3) is 1.50. The predicted octanol–water partition coefficient (Wildman–Crippen LogP) is 0.909. The Morgan fingerprint density at radius 3 is 2.90 bits per heavy atom. The molecule has 1 rings (SSSR count). The molecule has 0 aliphatic heterocycles. The summed E-state index contributed by atoms with van der Waals surface area (Å²) >= 11 is 0. The molecule has 0 bridgehead atoms. The van der Waals surface area contributed by atoms with E-state index in [0.29, 0.717) is 18.8 Å². The summed E-state index contributed by atoms with van der Waals surface area (Å²) in [4.78, 5) is 0. The molecule has 10 heavy (non-hydrogen) atoms. The van der Waals surface area contributed by atoms with E-state index in [-0.39, 0.29) is 0 Å². The van der Waals surface area contributed by atoms with E-state index in [1.165, 1.54) is 0 Å². The molecule has 0 heterocycles. The van der Waals surface area contributed by atoms with Gasteiger partial charge in [-0.15, -0.1) is 0 Å². The molecule has 0 amide bonds. The van der Waals surface area contributed by atoms with Crippen LogP contribution in [0.5, 0.6) is 5.75 Å². The topological polar surface area (TPSA) is 9.23 Å². The molecule has 0 aliphatic carbocycles. The molecule has 0 aliphatic rings. The maximum absolute atomic E-state index is 11.9. The van der Waals surface area contributed by atoms with Crippen molar-refractivity contribution in [1.82, 2.24) is 0 Å². The maximum Gasteiger partial charge on any atom is 0.392 e. The van der Waals surface area contributed by atoms with Crippen LogP contribution in [0.1, 0.15) is 0 Å². The van der Waals surface area contributed by atoms with Crippen molar-refractivity contribution < 1.29 is 9.05 Å². The number of ether oxygens (including phenoxy) is 1. The van der Waals surface area contributed by atoms with E-state index >= 15 is 0 Å². The minimum absolute atomic E-state index is 0.527. The Morgan fingerprint density at radius 2 is 2.30 bits per heavy atom. The summed E-state index contributed by atoms with van der Waals surface area (Å²) in [6.45, 7) is 0. The Balaban J connectivity index is 2.87. The largest absolute Gasteiger partial charge is 0.497 e. The maximum atomic E-state index is 11.9. The monoisotopic (exact) mass is 137 g/mol. The van der Waals surface area contributed by atoms with Gasteiger partial charge in [0.05, 0.1) is 7.11 Å². The first-order valence-corrected chi connectivity index (χ1v) is 2.94. The van der Waals surface area contributed by atoms with Crippen LogP contribution in [-0.2, 0) is 0 Å². The van der Waals surface area contributed by atoms with E-state index in [0.717, 1.165) is 0 Å². The first kappa shape index (κ1) is 7.13. The van der Waals surface area contributed by atoms with Crippen molar-refractivity contribution in [3.05, 3.63) is 24.3 Å². The van der Waals surface area contributed by atoms with E-state index in [9.17, 15) is 4.32 Å². The van der Waals surface area contributed by atoms with Crippen LogP contribution in [0.4, 0.5) is 4.32 Å². The van der Waals surface area contributed by atoms with Gasteiger partial charge in [0.1, 0.15) is 5.75 Å². The molecule has 51 valence electrons. The molecule has 1 radical (unpaired) electrons. The lowest BCUT2D eigenvalue weighted by atomic mass is 9.91. The van der Waals surface area contributed by atoms with E-state index < -0.39 is 0 Å². The fraction of sp³-hybridized carbons (Fsp3) is 0.143. The zero-order chi connectivity index (χ0) is 7.40. The summed E-state index contributed by atoms with van der Waals surface area (Å²) in [5, 5.41) is 0. The van der Waals surface area contributed by atoms with Crippen LogP contribution in [0.25, 0.3) is 0 Å². The zero-order valence-electron chi connectivity index (χ0n) is 5.67. The Bertz CT molecular complexity index is 195. The third-order valence-electron chi connectivity index (χ3n) is 1.22. The van der Waals surface area contributed by atoms with Crippen molar-refractivity contribution >= 4 is 13.0 Å². The van der Waals surface area contributed by atoms with Gasteiger partial charge in [-0.3, -0.25) is 0 Å². The van der Waals surface area contributed by atoms with Crippen molar-refractivity contribution in [3.8, 4) is 5.75 Å². The molecule has 1 aromatic carbocycles. The molecule has 0 fully saturated rings. The van der Waals surface area contributed by atoms with Gasteiger partial charge in [0.25, 0.3) is 0 Å². The van der Waals surface area contributed by atoms with Crippen molar-refractivity contribution in [3.63, 3.8) is 0 Å². The van der Waals surface area contributed by atoms with Crippen LogP contribution in [0.2, 0.25) is 0 Å². The van der Waals surface area contributed by atoms with E-state index in [4.69, 9.17) is 4.74 Å². The summed E-state index contributed by atoms with van der Waals surface area (Å²) < 4.78 is 16.7. The normalized spacial score (nSPS) is 9.00. The highest BCUT2D eigenvalue weighted by molar-refractivity contribution is 6.46. The highest BCUT2D eigenvalue weighted by Gasteiger charge is 1.95. The second kappa shape index (κ2) is 3.25. The second-order valence-electron chi connectivity index (χ2n) is 1.89. The summed E-state index contributed by atoms with van der Waals surface area (Å²) in [6.07, 6.45) is 0. The van der Waals surface area contributed by atoms with Crippen LogP contribution >= 0.6 is 0 Å². The average molecular weight is 137 g/mol. The fourth-order valence-corrected chi connectivity index (χ4v) is 0.709. The van der Waals surface area contributed by atoms with Gasteiger partial charge in [0.2, 0.25) is 0 Å². The lowest BCUT2D eigenvalue weighted by molar-refractivity contribution is 0.415. The summed E-state index contributed by atoms with van der Waals surface area (Å²) in [6, 6.07) is 6.81. The smallest absolute Gasteiger partial charge is 0.392 e. The van der Waals surface area contributed by atoms with Crippen molar-refractivity contribution in [2.45, 2.75) is 0 Å². The molecule has 0 aromatic heterocycles. The van der Waals surface area contributed by atoms with Gasteiger partial charge in [-0.2, -0.15) is 0 Å². The van der Waals surface area contributed by atoms with Crippen molar-refractivity contribution in [2.24, 2.45) is 0 Å². The highest BCUT2D eigenvalue weighted by Crippen LogP contribution is 2.04. The molecule has 1 nitrogen and oxygen atoms in total. The minimum atomic E-state index is 0.527. The zero-order valence-corrected chi connectivity index (χ0v) is 5.67. The quantitative estimate of drug-likeness (QED) is 0.550. The van der Waals surface area contributed by atoms with E-state index in [1.54, 1.807) is 31.4 Å². The Hall–Kier alpha value is -0.985. The number of methoxy groups -OCH3 is 1. The lowest BCUT2D eigenvalue weighted by Gasteiger charge is -1.98. The number of rotatable bonds is 2. The minimum Gasteiger partial charge on any atom is -0.497 e. The third-order valence-corrected chi connectivity index (χ3v) is 1.22. The van der Waals surface area contributed by atoms with E-state index in [2.05, 4.69) is 0 Å². The van der Waals surface area contributed by atoms with Gasteiger partial charge in [-0.25, -0.2) is 0 Å². The molecular formula is C7H7BFO. The lowest BCUT2D eigenvalue weighted by Crippen LogP contribution is -2.08. The number of benzene rings is 1.